The number of nitrogens with zero attached hydrogens (tertiary/aromatic N) is 5. The molecule has 7 N–H and O–H groups in total. The largest absolute Gasteiger partial charge is 0.480 e. The van der Waals surface area contributed by atoms with Gasteiger partial charge in [0.05, 0.1) is 43.2 Å². The number of nitro groups is 3. The van der Waals surface area contributed by atoms with Crippen molar-refractivity contribution < 1.29 is 52.2 Å². The molecule has 0 bridgehead atoms. The second kappa shape index (κ2) is 18.6. The molecule has 51 heavy (non-hydrogen) atoms. The van der Waals surface area contributed by atoms with Gasteiger partial charge in [-0.2, -0.15) is 18.3 Å². The Morgan fingerprint density at radius 1 is 1.02 bits per heavy atom. The zero-order chi connectivity index (χ0) is 39.6. The number of carboxylic acid groups (broad SMARTS) is 1. The fourth-order valence-electron chi connectivity index (χ4n) is 4.00. The summed E-state index contributed by atoms with van der Waals surface area (Å²) < 4.78 is 48.7. The van der Waals surface area contributed by atoms with Crippen LogP contribution in [0.1, 0.15) is 43.4 Å². The summed E-state index contributed by atoms with van der Waals surface area (Å²) in [5, 5.41) is 49.0. The van der Waals surface area contributed by atoms with Gasteiger partial charge in [0, 0.05) is 17.7 Å². The number of anilines is 2. The molecule has 282 valence electrons. The van der Waals surface area contributed by atoms with Crippen molar-refractivity contribution >= 4 is 65.3 Å². The number of hydrogen-bond donors (Lipinski definition) is 6. The van der Waals surface area contributed by atoms with Crippen LogP contribution in [0, 0.1) is 44.2 Å². The van der Waals surface area contributed by atoms with Crippen LogP contribution < -0.4 is 16.4 Å². The minimum absolute atomic E-state index is 0.0109. The molecule has 1 heterocycles. The van der Waals surface area contributed by atoms with Crippen LogP contribution in [-0.4, -0.2) is 64.3 Å². The molecule has 0 aliphatic carbocycles. The number of nitro benzene ring substituents is 2. The summed E-state index contributed by atoms with van der Waals surface area (Å²) in [6, 6.07) is 2.62. The third-order valence-electron chi connectivity index (χ3n) is 6.64. The Balaban J connectivity index is 0.000000407. The van der Waals surface area contributed by atoms with Gasteiger partial charge in [-0.15, -0.1) is 0 Å². The molecule has 19 nitrogen and oxygen atoms in total. The first kappa shape index (κ1) is 44.4. The van der Waals surface area contributed by atoms with Crippen LogP contribution in [0.15, 0.2) is 24.4 Å². The average Bonchev–Trinajstić information content (AvgIpc) is 3.37. The fraction of sp³-hybridized carbons (Fsp3) is 0.385. The number of nitrogens with one attached hydrogen (secondary N) is 2. The summed E-state index contributed by atoms with van der Waals surface area (Å²) in [5.41, 5.74) is 4.34. The van der Waals surface area contributed by atoms with E-state index in [1.807, 2.05) is 13.8 Å². The number of alkyl halides is 3. The van der Waals surface area contributed by atoms with Crippen LogP contribution in [0.3, 0.4) is 0 Å². The zero-order valence-electron chi connectivity index (χ0n) is 27.0. The Hall–Kier alpha value is -4.60. The maximum Gasteiger partial charge on any atom is 0.416 e. The molecular weight excluding hydrogens is 759 g/mol. The van der Waals surface area contributed by atoms with Gasteiger partial charge in [-0.1, -0.05) is 37.0 Å². The van der Waals surface area contributed by atoms with Crippen molar-refractivity contribution in [3.05, 3.63) is 81.5 Å². The van der Waals surface area contributed by atoms with E-state index in [9.17, 15) is 52.9 Å². The van der Waals surface area contributed by atoms with Gasteiger partial charge in [-0.3, -0.25) is 45.0 Å². The van der Waals surface area contributed by atoms with E-state index in [-0.39, 0.29) is 38.8 Å². The predicted molar refractivity (Wildman–Crippen MR) is 179 cm³/mol. The number of hydrogen-bond acceptors (Lipinski definition) is 12. The molecule has 0 radical (unpaired) electrons. The molecule has 3 aromatic rings. The van der Waals surface area contributed by atoms with Crippen LogP contribution in [0.25, 0.3) is 5.69 Å². The molecule has 1 aromatic heterocycles. The van der Waals surface area contributed by atoms with E-state index in [1.54, 1.807) is 13.8 Å². The van der Waals surface area contributed by atoms with Crippen molar-refractivity contribution in [3.63, 3.8) is 0 Å². The number of aromatic nitrogens is 2. The van der Waals surface area contributed by atoms with Crippen molar-refractivity contribution in [1.82, 2.24) is 15.1 Å². The number of carbonyl (C=O) groups is 1. The van der Waals surface area contributed by atoms with E-state index in [0.29, 0.717) is 23.3 Å². The summed E-state index contributed by atoms with van der Waals surface area (Å²) in [6.07, 6.45) is -2.91. The Bertz CT molecular complexity index is 1800. The standard InChI is InChI=1S/C13H19N3O4.C10H5Cl2F3N4O2.C3H8NO5P/c1-5-10(6-2)14-12-11(15(17)18)7-8(3)9(4)13(12)16(19)20;11-5-1-4(10(13,14)15)2-6(12)8(5)18-9(16)7(3-17-18)19(20)21;5-3(6)1-4-2-10(7,8)9/h7,10,14H,5-6H2,1-4H3;1-3H,16H2;4H,1-2H2,(H,5,6)(H2,7,8,9). The van der Waals surface area contributed by atoms with Gasteiger partial charge >= 0.3 is 31.1 Å². The molecular formula is C26H32Cl2F3N8O11P. The minimum Gasteiger partial charge on any atom is -0.480 e. The van der Waals surface area contributed by atoms with Gasteiger partial charge in [-0.05, 0) is 44.4 Å². The summed E-state index contributed by atoms with van der Waals surface area (Å²) >= 11 is 11.5. The second-order valence-electron chi connectivity index (χ2n) is 10.2. The lowest BCUT2D eigenvalue weighted by molar-refractivity contribution is -0.392. The highest BCUT2D eigenvalue weighted by Crippen LogP contribution is 2.40. The van der Waals surface area contributed by atoms with Crippen LogP contribution in [0.5, 0.6) is 0 Å². The highest BCUT2D eigenvalue weighted by Gasteiger charge is 2.33. The topological polar surface area (TPSA) is 292 Å². The molecule has 0 fully saturated rings. The molecule has 2 aromatic carbocycles. The maximum atomic E-state index is 12.6. The minimum atomic E-state index is -4.63. The predicted octanol–water partition coefficient (Wildman–Crippen LogP) is 6.20. The highest BCUT2D eigenvalue weighted by atomic mass is 35.5. The number of benzene rings is 2. The molecule has 0 unspecified atom stereocenters. The number of aryl methyl sites for hydroxylation is 1. The first-order chi connectivity index (χ1) is 23.4. The summed E-state index contributed by atoms with van der Waals surface area (Å²) in [4.78, 5) is 57.3. The lowest BCUT2D eigenvalue weighted by atomic mass is 10.0. The molecule has 0 atom stereocenters. The van der Waals surface area contributed by atoms with Crippen molar-refractivity contribution in [2.75, 3.05) is 23.9 Å². The molecule has 0 aliphatic heterocycles. The third-order valence-corrected chi connectivity index (χ3v) is 7.85. The lowest BCUT2D eigenvalue weighted by Crippen LogP contribution is -2.23. The van der Waals surface area contributed by atoms with E-state index in [4.69, 9.17) is 43.8 Å². The van der Waals surface area contributed by atoms with Gasteiger partial charge < -0.3 is 25.9 Å². The fourth-order valence-corrected chi connectivity index (χ4v) is 5.05. The number of rotatable bonds is 12. The third kappa shape index (κ3) is 12.9. The Kier molecular flexibility index (Phi) is 16.2. The average molecular weight is 791 g/mol. The van der Waals surface area contributed by atoms with E-state index < -0.39 is 64.4 Å². The van der Waals surface area contributed by atoms with E-state index in [0.717, 1.165) is 23.7 Å². The number of halogens is 5. The summed E-state index contributed by atoms with van der Waals surface area (Å²) in [5.74, 6) is -1.54. The van der Waals surface area contributed by atoms with E-state index in [2.05, 4.69) is 15.7 Å². The number of carboxylic acids is 1. The van der Waals surface area contributed by atoms with Gasteiger partial charge in [0.15, 0.2) is 5.69 Å². The molecule has 0 aliphatic rings. The van der Waals surface area contributed by atoms with E-state index in [1.165, 1.54) is 6.07 Å². The number of nitrogen functional groups attached to an aromatic ring is 1. The number of aliphatic carboxylic acids is 1. The normalized spacial score (nSPS) is 11.2. The van der Waals surface area contributed by atoms with E-state index >= 15 is 0 Å². The highest BCUT2D eigenvalue weighted by molar-refractivity contribution is 7.51. The molecule has 25 heteroatoms. The lowest BCUT2D eigenvalue weighted by Gasteiger charge is -2.17. The zero-order valence-corrected chi connectivity index (χ0v) is 29.4. The van der Waals surface area contributed by atoms with Gasteiger partial charge in [0.25, 0.3) is 5.69 Å². The van der Waals surface area contributed by atoms with Crippen molar-refractivity contribution in [1.29, 1.82) is 0 Å². The van der Waals surface area contributed by atoms with Crippen LogP contribution in [-0.2, 0) is 15.5 Å². The maximum absolute atomic E-state index is 12.6. The van der Waals surface area contributed by atoms with Crippen LogP contribution >= 0.6 is 30.8 Å². The SMILES string of the molecule is CCC(CC)Nc1c([N+](=O)[O-])cc(C)c(C)c1[N+](=O)[O-].Nc1c([N+](=O)[O-])cnn1-c1c(Cl)cc(C(F)(F)F)cc1Cl.O=C(O)CNCP(=O)(O)O. The summed E-state index contributed by atoms with van der Waals surface area (Å²) in [7, 11) is -4.10. The number of nitrogens with two attached hydrogens (primary N) is 1. The van der Waals surface area contributed by atoms with Crippen molar-refractivity contribution in [2.24, 2.45) is 0 Å². The first-order valence-electron chi connectivity index (χ1n) is 14.1. The molecule has 0 saturated carbocycles. The molecule has 0 spiro atoms. The summed E-state index contributed by atoms with van der Waals surface area (Å²) in [6.45, 7) is 6.66. The second-order valence-corrected chi connectivity index (χ2v) is 12.7. The van der Waals surface area contributed by atoms with Crippen molar-refractivity contribution in [2.45, 2.75) is 52.8 Å². The molecule has 0 amide bonds. The first-order valence-corrected chi connectivity index (χ1v) is 16.6. The van der Waals surface area contributed by atoms with Crippen LogP contribution in [0.2, 0.25) is 10.0 Å². The van der Waals surface area contributed by atoms with Gasteiger partial charge in [0.2, 0.25) is 5.82 Å². The Labute approximate surface area is 296 Å². The smallest absolute Gasteiger partial charge is 0.416 e. The monoisotopic (exact) mass is 790 g/mol. The molecule has 3 rings (SSSR count). The van der Waals surface area contributed by atoms with Gasteiger partial charge in [-0.25, -0.2) is 4.68 Å². The Morgan fingerprint density at radius 2 is 1.53 bits per heavy atom. The van der Waals surface area contributed by atoms with Gasteiger partial charge in [0.1, 0.15) is 11.9 Å². The van der Waals surface area contributed by atoms with Crippen LogP contribution in [0.4, 0.5) is 41.7 Å². The Morgan fingerprint density at radius 3 is 1.90 bits per heavy atom. The van der Waals surface area contributed by atoms with Crippen molar-refractivity contribution in [3.8, 4) is 5.69 Å². The molecule has 0 saturated heterocycles. The quantitative estimate of drug-likeness (QED) is 0.0676.